The second kappa shape index (κ2) is 2.99. The molecule has 2 fully saturated rings. The van der Waals surface area contributed by atoms with Crippen molar-refractivity contribution in [3.63, 3.8) is 0 Å². The molecule has 1 N–H and O–H groups in total. The van der Waals surface area contributed by atoms with E-state index in [0.29, 0.717) is 5.92 Å². The van der Waals surface area contributed by atoms with Crippen LogP contribution in [0, 0.1) is 11.8 Å². The highest BCUT2D eigenvalue weighted by atomic mass is 35.5. The maximum absolute atomic E-state index is 11.0. The van der Waals surface area contributed by atoms with Gasteiger partial charge in [0.25, 0.3) is 0 Å². The zero-order valence-electron chi connectivity index (χ0n) is 6.37. The van der Waals surface area contributed by atoms with Crippen molar-refractivity contribution >= 4 is 18.4 Å². The van der Waals surface area contributed by atoms with Gasteiger partial charge in [-0.1, -0.05) is 0 Å². The van der Waals surface area contributed by atoms with Gasteiger partial charge in [0.1, 0.15) is 6.04 Å². The Kier molecular flexibility index (Phi) is 2.40. The molecule has 64 valence electrons. The fourth-order valence-corrected chi connectivity index (χ4v) is 1.73. The Hall–Kier alpha value is -0.280. The van der Waals surface area contributed by atoms with E-state index < -0.39 is 0 Å². The topological polar surface area (TPSA) is 38.3 Å². The van der Waals surface area contributed by atoms with E-state index in [0.717, 1.165) is 12.5 Å². The Morgan fingerprint density at radius 1 is 1.64 bits per heavy atom. The number of ether oxygens (including phenoxy) is 1. The molecule has 2 rings (SSSR count). The Labute approximate surface area is 71.9 Å². The Bertz CT molecular complexity index is 174. The molecule has 0 aromatic heterocycles. The van der Waals surface area contributed by atoms with Gasteiger partial charge in [0, 0.05) is 0 Å². The van der Waals surface area contributed by atoms with Crippen molar-refractivity contribution in [2.75, 3.05) is 13.7 Å². The number of hydrogen-bond donors (Lipinski definition) is 1. The van der Waals surface area contributed by atoms with E-state index in [2.05, 4.69) is 10.1 Å². The molecule has 3 atom stereocenters. The highest BCUT2D eigenvalue weighted by molar-refractivity contribution is 5.85. The van der Waals surface area contributed by atoms with Crippen molar-refractivity contribution in [1.29, 1.82) is 0 Å². The summed E-state index contributed by atoms with van der Waals surface area (Å²) in [4.78, 5) is 11.0. The number of fused-ring (bicyclic) bond motifs is 1. The van der Waals surface area contributed by atoms with Gasteiger partial charge in [0.2, 0.25) is 0 Å². The van der Waals surface area contributed by atoms with Crippen molar-refractivity contribution in [3.8, 4) is 0 Å². The lowest BCUT2D eigenvalue weighted by atomic mass is 10.2. The van der Waals surface area contributed by atoms with Gasteiger partial charge >= 0.3 is 5.97 Å². The third-order valence-electron chi connectivity index (χ3n) is 2.46. The van der Waals surface area contributed by atoms with Gasteiger partial charge in [-0.2, -0.15) is 0 Å². The first-order chi connectivity index (χ1) is 4.83. The SMILES string of the molecule is COC(=O)[C@H]1NC[C@H]2C[C@@H]21.Cl. The standard InChI is InChI=1S/C7H11NO2.ClH/c1-10-7(9)6-5-2-4(5)3-8-6;/h4-6,8H,2-3H2,1H3;1H/t4-,5+,6+;/m1./s1. The molecule has 1 aliphatic heterocycles. The largest absolute Gasteiger partial charge is 0.468 e. The van der Waals surface area contributed by atoms with Crippen LogP contribution in [0.2, 0.25) is 0 Å². The highest BCUT2D eigenvalue weighted by Gasteiger charge is 2.51. The minimum absolute atomic E-state index is 0. The smallest absolute Gasteiger partial charge is 0.323 e. The van der Waals surface area contributed by atoms with Crippen molar-refractivity contribution in [1.82, 2.24) is 5.32 Å². The van der Waals surface area contributed by atoms with E-state index in [1.807, 2.05) is 0 Å². The predicted octanol–water partition coefficient (Wildman–Crippen LogP) is 0.189. The van der Waals surface area contributed by atoms with Crippen molar-refractivity contribution < 1.29 is 9.53 Å². The van der Waals surface area contributed by atoms with E-state index >= 15 is 0 Å². The van der Waals surface area contributed by atoms with Gasteiger partial charge in [-0.25, -0.2) is 0 Å². The summed E-state index contributed by atoms with van der Waals surface area (Å²) in [6.07, 6.45) is 1.22. The molecule has 1 saturated carbocycles. The first-order valence-corrected chi connectivity index (χ1v) is 3.64. The van der Waals surface area contributed by atoms with Gasteiger partial charge in [-0.05, 0) is 24.8 Å². The maximum Gasteiger partial charge on any atom is 0.323 e. The van der Waals surface area contributed by atoms with Crippen LogP contribution in [-0.4, -0.2) is 25.7 Å². The lowest BCUT2D eigenvalue weighted by Gasteiger charge is -2.08. The van der Waals surface area contributed by atoms with Crippen molar-refractivity contribution in [3.05, 3.63) is 0 Å². The lowest BCUT2D eigenvalue weighted by molar-refractivity contribution is -0.143. The van der Waals surface area contributed by atoms with Crippen LogP contribution in [0.4, 0.5) is 0 Å². The van der Waals surface area contributed by atoms with E-state index in [9.17, 15) is 4.79 Å². The molecule has 0 bridgehead atoms. The molecule has 1 heterocycles. The summed E-state index contributed by atoms with van der Waals surface area (Å²) in [6.45, 7) is 1.00. The number of methoxy groups -OCH3 is 1. The molecule has 0 aromatic rings. The van der Waals surface area contributed by atoms with Gasteiger partial charge < -0.3 is 10.1 Å². The second-order valence-corrected chi connectivity index (χ2v) is 3.07. The molecule has 0 aromatic carbocycles. The second-order valence-electron chi connectivity index (χ2n) is 3.07. The molecule has 0 unspecified atom stereocenters. The van der Waals surface area contributed by atoms with Crippen LogP contribution in [0.25, 0.3) is 0 Å². The quantitative estimate of drug-likeness (QED) is 0.582. The number of carbonyl (C=O) groups is 1. The molecular formula is C7H12ClNO2. The Morgan fingerprint density at radius 3 is 2.73 bits per heavy atom. The summed E-state index contributed by atoms with van der Waals surface area (Å²) in [5.41, 5.74) is 0. The van der Waals surface area contributed by atoms with Gasteiger partial charge in [0.15, 0.2) is 0 Å². The Morgan fingerprint density at radius 2 is 2.36 bits per heavy atom. The molecule has 4 heteroatoms. The molecule has 0 spiro atoms. The summed E-state index contributed by atoms with van der Waals surface area (Å²) in [5, 5.41) is 3.13. The lowest BCUT2D eigenvalue weighted by Crippen LogP contribution is -2.35. The molecule has 0 radical (unpaired) electrons. The normalized spacial score (nSPS) is 38.8. The third kappa shape index (κ3) is 1.35. The number of esters is 1. The van der Waals surface area contributed by atoms with Crippen LogP contribution in [0.15, 0.2) is 0 Å². The fraction of sp³-hybridized carbons (Fsp3) is 0.857. The molecule has 0 amide bonds. The predicted molar refractivity (Wildman–Crippen MR) is 42.7 cm³/mol. The van der Waals surface area contributed by atoms with Crippen LogP contribution in [0.1, 0.15) is 6.42 Å². The summed E-state index contributed by atoms with van der Waals surface area (Å²) in [6, 6.07) is 0.00926. The Balaban J connectivity index is 0.000000605. The monoisotopic (exact) mass is 177 g/mol. The number of carbonyl (C=O) groups excluding carboxylic acids is 1. The van der Waals surface area contributed by atoms with E-state index in [4.69, 9.17) is 0 Å². The number of hydrogen-bond acceptors (Lipinski definition) is 3. The van der Waals surface area contributed by atoms with Crippen LogP contribution in [0.5, 0.6) is 0 Å². The maximum atomic E-state index is 11.0. The van der Waals surface area contributed by atoms with Gasteiger partial charge in [-0.3, -0.25) is 4.79 Å². The molecular weight excluding hydrogens is 166 g/mol. The average molecular weight is 178 g/mol. The van der Waals surface area contributed by atoms with Crippen LogP contribution in [-0.2, 0) is 9.53 Å². The molecule has 3 nitrogen and oxygen atoms in total. The van der Waals surface area contributed by atoms with E-state index in [1.165, 1.54) is 13.5 Å². The number of piperidine rings is 1. The van der Waals surface area contributed by atoms with Crippen LogP contribution < -0.4 is 5.32 Å². The zero-order valence-corrected chi connectivity index (χ0v) is 7.19. The van der Waals surface area contributed by atoms with Crippen molar-refractivity contribution in [2.24, 2.45) is 11.8 Å². The number of nitrogens with one attached hydrogen (secondary N) is 1. The number of rotatable bonds is 1. The van der Waals surface area contributed by atoms with E-state index in [-0.39, 0.29) is 24.4 Å². The number of halogens is 1. The zero-order chi connectivity index (χ0) is 7.14. The summed E-state index contributed by atoms with van der Waals surface area (Å²) in [5.74, 6) is 1.27. The summed E-state index contributed by atoms with van der Waals surface area (Å²) in [7, 11) is 1.44. The summed E-state index contributed by atoms with van der Waals surface area (Å²) >= 11 is 0. The van der Waals surface area contributed by atoms with Gasteiger partial charge in [-0.15, -0.1) is 12.4 Å². The van der Waals surface area contributed by atoms with Crippen LogP contribution in [0.3, 0.4) is 0 Å². The molecule has 11 heavy (non-hydrogen) atoms. The summed E-state index contributed by atoms with van der Waals surface area (Å²) < 4.78 is 4.63. The minimum atomic E-state index is -0.0926. The third-order valence-corrected chi connectivity index (χ3v) is 2.46. The first-order valence-electron chi connectivity index (χ1n) is 3.64. The van der Waals surface area contributed by atoms with Crippen molar-refractivity contribution in [2.45, 2.75) is 12.5 Å². The molecule has 1 aliphatic carbocycles. The van der Waals surface area contributed by atoms with E-state index in [1.54, 1.807) is 0 Å². The average Bonchev–Trinajstić information content (AvgIpc) is 2.62. The molecule has 1 saturated heterocycles. The minimum Gasteiger partial charge on any atom is -0.468 e. The van der Waals surface area contributed by atoms with Crippen LogP contribution >= 0.6 is 12.4 Å². The fourth-order valence-electron chi connectivity index (χ4n) is 1.73. The molecule has 2 aliphatic rings. The highest BCUT2D eigenvalue weighted by Crippen LogP contribution is 2.45. The van der Waals surface area contributed by atoms with Gasteiger partial charge in [0.05, 0.1) is 7.11 Å². The first kappa shape index (κ1) is 8.81.